The van der Waals surface area contributed by atoms with Gasteiger partial charge in [-0.05, 0) is 32.1 Å². The second kappa shape index (κ2) is 4.29. The minimum absolute atomic E-state index is 0.0128. The van der Waals surface area contributed by atoms with Crippen LogP contribution in [0.3, 0.4) is 0 Å². The molecule has 0 aromatic carbocycles. The zero-order valence-corrected chi connectivity index (χ0v) is 10.6. The summed E-state index contributed by atoms with van der Waals surface area (Å²) in [6.07, 6.45) is 4.18. The van der Waals surface area contributed by atoms with Gasteiger partial charge < -0.3 is 15.5 Å². The third kappa shape index (κ3) is 2.04. The number of amides is 2. The molecule has 2 amide bonds. The quantitative estimate of drug-likeness (QED) is 0.734. The van der Waals surface area contributed by atoms with Gasteiger partial charge in [-0.25, -0.2) is 0 Å². The lowest BCUT2D eigenvalue weighted by atomic mass is 9.76. The van der Waals surface area contributed by atoms with Gasteiger partial charge in [0.05, 0.1) is 5.54 Å². The minimum Gasteiger partial charge on any atom is -0.347 e. The van der Waals surface area contributed by atoms with Gasteiger partial charge in [-0.3, -0.25) is 9.59 Å². The van der Waals surface area contributed by atoms with Gasteiger partial charge in [0.2, 0.25) is 11.8 Å². The summed E-state index contributed by atoms with van der Waals surface area (Å²) < 4.78 is 0. The molecule has 1 saturated carbocycles. The molecule has 0 aromatic heterocycles. The summed E-state index contributed by atoms with van der Waals surface area (Å²) >= 11 is 0. The van der Waals surface area contributed by atoms with Crippen LogP contribution in [-0.4, -0.2) is 53.8 Å². The summed E-state index contributed by atoms with van der Waals surface area (Å²) in [5, 5.41) is 0. The maximum Gasteiger partial charge on any atom is 0.244 e. The topological polar surface area (TPSA) is 66.6 Å². The molecule has 1 atom stereocenters. The standard InChI is InChI=1S/C12H21N3O2/c1-14(2)10(16)9-5-3-8-15(9)11(17)12(13)6-4-7-12/h9H,3-8,13H2,1-2H3. The Bertz CT molecular complexity index is 337. The highest BCUT2D eigenvalue weighted by Crippen LogP contribution is 2.33. The maximum atomic E-state index is 12.3. The van der Waals surface area contributed by atoms with E-state index in [1.807, 2.05) is 0 Å². The first-order chi connectivity index (χ1) is 7.96. The third-order valence-electron chi connectivity index (χ3n) is 3.91. The van der Waals surface area contributed by atoms with E-state index in [1.165, 1.54) is 0 Å². The van der Waals surface area contributed by atoms with Crippen LogP contribution >= 0.6 is 0 Å². The van der Waals surface area contributed by atoms with Gasteiger partial charge in [0.15, 0.2) is 0 Å². The summed E-state index contributed by atoms with van der Waals surface area (Å²) in [4.78, 5) is 27.6. The van der Waals surface area contributed by atoms with E-state index < -0.39 is 5.54 Å². The summed E-state index contributed by atoms with van der Waals surface area (Å²) in [7, 11) is 3.45. The van der Waals surface area contributed by atoms with Crippen molar-refractivity contribution in [1.29, 1.82) is 0 Å². The van der Waals surface area contributed by atoms with Gasteiger partial charge in [0, 0.05) is 20.6 Å². The first-order valence-electron chi connectivity index (χ1n) is 6.27. The number of carbonyl (C=O) groups is 2. The van der Waals surface area contributed by atoms with E-state index in [9.17, 15) is 9.59 Å². The molecule has 2 aliphatic rings. The smallest absolute Gasteiger partial charge is 0.244 e. The molecule has 0 aromatic rings. The van der Waals surface area contributed by atoms with Gasteiger partial charge in [0.1, 0.15) is 6.04 Å². The normalized spacial score (nSPS) is 26.5. The number of likely N-dealkylation sites (tertiary alicyclic amines) is 1. The largest absolute Gasteiger partial charge is 0.347 e. The number of rotatable bonds is 2. The van der Waals surface area contributed by atoms with Crippen LogP contribution in [-0.2, 0) is 9.59 Å². The van der Waals surface area contributed by atoms with Crippen molar-refractivity contribution in [3.05, 3.63) is 0 Å². The van der Waals surface area contributed by atoms with E-state index in [1.54, 1.807) is 23.9 Å². The summed E-state index contributed by atoms with van der Waals surface area (Å²) in [6, 6.07) is -0.293. The molecular formula is C12H21N3O2. The average molecular weight is 239 g/mol. The first kappa shape index (κ1) is 12.4. The van der Waals surface area contributed by atoms with Crippen LogP contribution in [0.2, 0.25) is 0 Å². The predicted molar refractivity (Wildman–Crippen MR) is 64.2 cm³/mol. The van der Waals surface area contributed by atoms with Crippen molar-refractivity contribution >= 4 is 11.8 Å². The van der Waals surface area contributed by atoms with E-state index in [0.29, 0.717) is 6.54 Å². The summed E-state index contributed by atoms with van der Waals surface area (Å²) in [5.74, 6) is -0.0137. The molecule has 1 aliphatic heterocycles. The third-order valence-corrected chi connectivity index (χ3v) is 3.91. The van der Waals surface area contributed by atoms with Gasteiger partial charge in [-0.1, -0.05) is 0 Å². The Labute approximate surface area is 102 Å². The van der Waals surface area contributed by atoms with Crippen molar-refractivity contribution in [1.82, 2.24) is 9.80 Å². The fourth-order valence-electron chi connectivity index (χ4n) is 2.62. The molecule has 96 valence electrons. The minimum atomic E-state index is -0.685. The lowest BCUT2D eigenvalue weighted by Crippen LogP contribution is -2.61. The fraction of sp³-hybridized carbons (Fsp3) is 0.833. The van der Waals surface area contributed by atoms with Crippen molar-refractivity contribution < 1.29 is 9.59 Å². The Morgan fingerprint density at radius 1 is 1.29 bits per heavy atom. The number of nitrogens with zero attached hydrogens (tertiary/aromatic N) is 2. The Kier molecular flexibility index (Phi) is 3.12. The monoisotopic (exact) mass is 239 g/mol. The molecule has 5 nitrogen and oxygen atoms in total. The van der Waals surface area contributed by atoms with Gasteiger partial charge >= 0.3 is 0 Å². The molecule has 5 heteroatoms. The molecular weight excluding hydrogens is 218 g/mol. The number of hydrogen-bond acceptors (Lipinski definition) is 3. The van der Waals surface area contributed by atoms with Gasteiger partial charge in [-0.15, -0.1) is 0 Å². The zero-order chi connectivity index (χ0) is 12.6. The SMILES string of the molecule is CN(C)C(=O)C1CCCN1C(=O)C1(N)CCC1. The highest BCUT2D eigenvalue weighted by molar-refractivity contribution is 5.93. The van der Waals surface area contributed by atoms with Crippen molar-refractivity contribution in [2.24, 2.45) is 5.73 Å². The average Bonchev–Trinajstić information content (AvgIpc) is 2.72. The van der Waals surface area contributed by atoms with Crippen molar-refractivity contribution in [3.63, 3.8) is 0 Å². The molecule has 1 aliphatic carbocycles. The van der Waals surface area contributed by atoms with E-state index in [4.69, 9.17) is 5.73 Å². The highest BCUT2D eigenvalue weighted by atomic mass is 16.2. The fourth-order valence-corrected chi connectivity index (χ4v) is 2.62. The molecule has 2 rings (SSSR count). The maximum absolute atomic E-state index is 12.3. The molecule has 1 saturated heterocycles. The van der Waals surface area contributed by atoms with Gasteiger partial charge in [-0.2, -0.15) is 0 Å². The predicted octanol–water partition coefficient (Wildman–Crippen LogP) is -0.0530. The molecule has 0 radical (unpaired) electrons. The zero-order valence-electron chi connectivity index (χ0n) is 10.6. The molecule has 2 fully saturated rings. The molecule has 0 bridgehead atoms. The Morgan fingerprint density at radius 3 is 2.41 bits per heavy atom. The van der Waals surface area contributed by atoms with Crippen molar-refractivity contribution in [2.45, 2.75) is 43.7 Å². The Hall–Kier alpha value is -1.10. The van der Waals surface area contributed by atoms with Gasteiger partial charge in [0.25, 0.3) is 0 Å². The van der Waals surface area contributed by atoms with E-state index >= 15 is 0 Å². The van der Waals surface area contributed by atoms with Crippen LogP contribution in [0.5, 0.6) is 0 Å². The van der Waals surface area contributed by atoms with Crippen LogP contribution in [0.1, 0.15) is 32.1 Å². The highest BCUT2D eigenvalue weighted by Gasteiger charge is 2.46. The van der Waals surface area contributed by atoms with Crippen LogP contribution in [0.4, 0.5) is 0 Å². The van der Waals surface area contributed by atoms with Crippen molar-refractivity contribution in [2.75, 3.05) is 20.6 Å². The molecule has 0 spiro atoms. The summed E-state index contributed by atoms with van der Waals surface area (Å²) in [5.41, 5.74) is 5.36. The number of nitrogens with two attached hydrogens (primary N) is 1. The number of carbonyl (C=O) groups excluding carboxylic acids is 2. The van der Waals surface area contributed by atoms with E-state index in [0.717, 1.165) is 32.1 Å². The molecule has 17 heavy (non-hydrogen) atoms. The molecule has 2 N–H and O–H groups in total. The number of likely N-dealkylation sites (N-methyl/N-ethyl adjacent to an activating group) is 1. The van der Waals surface area contributed by atoms with E-state index in [2.05, 4.69) is 0 Å². The van der Waals surface area contributed by atoms with Crippen LogP contribution in [0.15, 0.2) is 0 Å². The van der Waals surface area contributed by atoms with E-state index in [-0.39, 0.29) is 17.9 Å². The lowest BCUT2D eigenvalue weighted by Gasteiger charge is -2.41. The van der Waals surface area contributed by atoms with Crippen LogP contribution in [0, 0.1) is 0 Å². The number of hydrogen-bond donors (Lipinski definition) is 1. The molecule has 1 unspecified atom stereocenters. The Morgan fingerprint density at radius 2 is 1.94 bits per heavy atom. The first-order valence-corrected chi connectivity index (χ1v) is 6.27. The van der Waals surface area contributed by atoms with Crippen LogP contribution in [0.25, 0.3) is 0 Å². The molecule has 1 heterocycles. The Balaban J connectivity index is 2.09. The second-order valence-electron chi connectivity index (χ2n) is 5.40. The second-order valence-corrected chi connectivity index (χ2v) is 5.40. The van der Waals surface area contributed by atoms with Crippen LogP contribution < -0.4 is 5.73 Å². The summed E-state index contributed by atoms with van der Waals surface area (Å²) in [6.45, 7) is 0.669. The lowest BCUT2D eigenvalue weighted by molar-refractivity contribution is -0.147. The van der Waals surface area contributed by atoms with Crippen molar-refractivity contribution in [3.8, 4) is 0 Å².